The van der Waals surface area contributed by atoms with E-state index in [0.717, 1.165) is 44.7 Å². The number of piperazine rings is 1. The Hall–Kier alpha value is -1.62. The van der Waals surface area contributed by atoms with Crippen LogP contribution in [0.15, 0.2) is 24.3 Å². The molecule has 0 aromatic heterocycles. The van der Waals surface area contributed by atoms with E-state index < -0.39 is 0 Å². The first-order valence-corrected chi connectivity index (χ1v) is 9.18. The summed E-state index contributed by atoms with van der Waals surface area (Å²) in [5, 5.41) is 3.23. The van der Waals surface area contributed by atoms with Gasteiger partial charge >= 0.3 is 0 Å². The van der Waals surface area contributed by atoms with Crippen LogP contribution in [0, 0.1) is 5.82 Å². The molecule has 1 aromatic rings. The number of nitrogens with zero attached hydrogens (tertiary/aromatic N) is 2. The third-order valence-corrected chi connectivity index (χ3v) is 5.38. The molecule has 1 heterocycles. The van der Waals surface area contributed by atoms with Gasteiger partial charge in [0.2, 0.25) is 5.91 Å². The van der Waals surface area contributed by atoms with Crippen molar-refractivity contribution in [3.05, 3.63) is 30.1 Å². The average molecular weight is 333 g/mol. The van der Waals surface area contributed by atoms with Crippen LogP contribution in [0.25, 0.3) is 0 Å². The first-order chi connectivity index (χ1) is 11.6. The van der Waals surface area contributed by atoms with Crippen molar-refractivity contribution < 1.29 is 9.18 Å². The van der Waals surface area contributed by atoms with Crippen molar-refractivity contribution in [2.24, 2.45) is 0 Å². The summed E-state index contributed by atoms with van der Waals surface area (Å²) >= 11 is 0. The van der Waals surface area contributed by atoms with Gasteiger partial charge in [-0.2, -0.15) is 0 Å². The maximum absolute atomic E-state index is 13.0. The van der Waals surface area contributed by atoms with Gasteiger partial charge in [-0.3, -0.25) is 9.69 Å². The van der Waals surface area contributed by atoms with E-state index in [2.05, 4.69) is 15.1 Å². The van der Waals surface area contributed by atoms with Crippen LogP contribution in [0.3, 0.4) is 0 Å². The minimum atomic E-state index is -0.203. The van der Waals surface area contributed by atoms with Gasteiger partial charge in [0.25, 0.3) is 0 Å². The molecule has 2 aliphatic rings. The summed E-state index contributed by atoms with van der Waals surface area (Å²) in [6.45, 7) is 5.46. The molecule has 5 heteroatoms. The summed E-state index contributed by atoms with van der Waals surface area (Å²) in [5.41, 5.74) is 1.05. The van der Waals surface area contributed by atoms with Crippen molar-refractivity contribution in [1.82, 2.24) is 10.2 Å². The van der Waals surface area contributed by atoms with Crippen LogP contribution in [-0.4, -0.2) is 49.1 Å². The van der Waals surface area contributed by atoms with E-state index in [4.69, 9.17) is 0 Å². The monoisotopic (exact) mass is 333 g/mol. The number of benzene rings is 1. The van der Waals surface area contributed by atoms with Crippen LogP contribution in [0.5, 0.6) is 0 Å². The number of halogens is 1. The fraction of sp³-hybridized carbons (Fsp3) is 0.632. The highest BCUT2D eigenvalue weighted by molar-refractivity contribution is 5.81. The van der Waals surface area contributed by atoms with Gasteiger partial charge in [-0.25, -0.2) is 4.39 Å². The lowest BCUT2D eigenvalue weighted by molar-refractivity contribution is -0.127. The predicted octanol–water partition coefficient (Wildman–Crippen LogP) is 2.79. The molecule has 0 radical (unpaired) electrons. The second-order valence-corrected chi connectivity index (χ2v) is 7.02. The number of anilines is 1. The average Bonchev–Trinajstić information content (AvgIpc) is 2.63. The summed E-state index contributed by atoms with van der Waals surface area (Å²) in [6.07, 6.45) is 6.01. The summed E-state index contributed by atoms with van der Waals surface area (Å²) in [6, 6.07) is 6.94. The zero-order valence-electron chi connectivity index (χ0n) is 14.5. The molecule has 4 nitrogen and oxygen atoms in total. The Morgan fingerprint density at radius 3 is 2.33 bits per heavy atom. The second-order valence-electron chi connectivity index (χ2n) is 7.02. The maximum atomic E-state index is 13.0. The molecule has 132 valence electrons. The molecule has 1 saturated carbocycles. The zero-order chi connectivity index (χ0) is 16.9. The van der Waals surface area contributed by atoms with Gasteiger partial charge in [0.05, 0.1) is 6.04 Å². The summed E-state index contributed by atoms with van der Waals surface area (Å²) in [5.74, 6) is -0.0393. The van der Waals surface area contributed by atoms with Crippen molar-refractivity contribution in [1.29, 1.82) is 0 Å². The molecule has 1 aliphatic carbocycles. The SMILES string of the molecule is C[C@@H](C(=O)NC1CCCCC1)N1CCN(c2ccc(F)cc2)CC1. The number of hydrogen-bond donors (Lipinski definition) is 1. The molecule has 1 saturated heterocycles. The molecule has 0 unspecified atom stereocenters. The third kappa shape index (κ3) is 4.26. The smallest absolute Gasteiger partial charge is 0.237 e. The van der Waals surface area contributed by atoms with Crippen molar-refractivity contribution in [2.45, 2.75) is 51.1 Å². The van der Waals surface area contributed by atoms with Gasteiger partial charge in [0, 0.05) is 37.9 Å². The number of hydrogen-bond acceptors (Lipinski definition) is 3. The Labute approximate surface area is 144 Å². The first-order valence-electron chi connectivity index (χ1n) is 9.18. The van der Waals surface area contributed by atoms with E-state index in [1.54, 1.807) is 0 Å². The lowest BCUT2D eigenvalue weighted by Crippen LogP contribution is -2.55. The van der Waals surface area contributed by atoms with Crippen LogP contribution in [0.1, 0.15) is 39.0 Å². The summed E-state index contributed by atoms with van der Waals surface area (Å²) in [4.78, 5) is 17.0. The normalized spacial score (nSPS) is 21.5. The van der Waals surface area contributed by atoms with Crippen LogP contribution in [-0.2, 0) is 4.79 Å². The fourth-order valence-corrected chi connectivity index (χ4v) is 3.75. The number of carbonyl (C=O) groups is 1. The topological polar surface area (TPSA) is 35.6 Å². The zero-order valence-corrected chi connectivity index (χ0v) is 14.5. The highest BCUT2D eigenvalue weighted by Gasteiger charge is 2.27. The summed E-state index contributed by atoms with van der Waals surface area (Å²) in [7, 11) is 0. The Morgan fingerprint density at radius 2 is 1.71 bits per heavy atom. The number of carbonyl (C=O) groups excluding carboxylic acids is 1. The molecular weight excluding hydrogens is 305 g/mol. The largest absolute Gasteiger partial charge is 0.369 e. The Kier molecular flexibility index (Phi) is 5.72. The van der Waals surface area contributed by atoms with E-state index in [0.29, 0.717) is 6.04 Å². The van der Waals surface area contributed by atoms with Crippen molar-refractivity contribution >= 4 is 11.6 Å². The van der Waals surface area contributed by atoms with Crippen LogP contribution in [0.2, 0.25) is 0 Å². The number of rotatable bonds is 4. The highest BCUT2D eigenvalue weighted by atomic mass is 19.1. The van der Waals surface area contributed by atoms with Crippen LogP contribution in [0.4, 0.5) is 10.1 Å². The Balaban J connectivity index is 1.48. The molecule has 1 aromatic carbocycles. The minimum absolute atomic E-state index is 0.0812. The Morgan fingerprint density at radius 1 is 1.08 bits per heavy atom. The van der Waals surface area contributed by atoms with E-state index in [1.165, 1.54) is 31.4 Å². The maximum Gasteiger partial charge on any atom is 0.237 e. The first kappa shape index (κ1) is 17.2. The Bertz CT molecular complexity index is 534. The molecule has 2 fully saturated rings. The minimum Gasteiger partial charge on any atom is -0.369 e. The van der Waals surface area contributed by atoms with Gasteiger partial charge in [-0.15, -0.1) is 0 Å². The summed E-state index contributed by atoms with van der Waals surface area (Å²) < 4.78 is 13.0. The lowest BCUT2D eigenvalue weighted by Gasteiger charge is -2.39. The van der Waals surface area contributed by atoms with E-state index in [1.807, 2.05) is 19.1 Å². The molecule has 3 rings (SSSR count). The number of nitrogens with one attached hydrogen (secondary N) is 1. The van der Waals surface area contributed by atoms with E-state index >= 15 is 0 Å². The molecule has 1 atom stereocenters. The lowest BCUT2D eigenvalue weighted by atomic mass is 9.95. The quantitative estimate of drug-likeness (QED) is 0.920. The molecule has 0 bridgehead atoms. The van der Waals surface area contributed by atoms with Gasteiger partial charge < -0.3 is 10.2 Å². The fourth-order valence-electron chi connectivity index (χ4n) is 3.75. The molecular formula is C19H28FN3O. The molecule has 1 N–H and O–H groups in total. The van der Waals surface area contributed by atoms with Gasteiger partial charge in [0.1, 0.15) is 5.82 Å². The van der Waals surface area contributed by atoms with Crippen molar-refractivity contribution in [2.75, 3.05) is 31.1 Å². The third-order valence-electron chi connectivity index (χ3n) is 5.38. The van der Waals surface area contributed by atoms with Gasteiger partial charge in [-0.05, 0) is 44.0 Å². The van der Waals surface area contributed by atoms with Gasteiger partial charge in [0.15, 0.2) is 0 Å². The van der Waals surface area contributed by atoms with Crippen LogP contribution < -0.4 is 10.2 Å². The highest BCUT2D eigenvalue weighted by Crippen LogP contribution is 2.19. The predicted molar refractivity (Wildman–Crippen MR) is 94.7 cm³/mol. The number of amides is 1. The van der Waals surface area contributed by atoms with Crippen molar-refractivity contribution in [3.63, 3.8) is 0 Å². The van der Waals surface area contributed by atoms with Crippen molar-refractivity contribution in [3.8, 4) is 0 Å². The molecule has 1 amide bonds. The standard InChI is InChI=1S/C19H28FN3O/c1-15(19(24)21-17-5-3-2-4-6-17)22-11-13-23(14-12-22)18-9-7-16(20)8-10-18/h7-10,15,17H,2-6,11-14H2,1H3,(H,21,24)/t15-/m0/s1. The second kappa shape index (κ2) is 7.97. The molecule has 0 spiro atoms. The van der Waals surface area contributed by atoms with Crippen LogP contribution >= 0.6 is 0 Å². The van der Waals surface area contributed by atoms with E-state index in [-0.39, 0.29) is 17.8 Å². The molecule has 1 aliphatic heterocycles. The van der Waals surface area contributed by atoms with E-state index in [9.17, 15) is 9.18 Å². The van der Waals surface area contributed by atoms with Gasteiger partial charge in [-0.1, -0.05) is 19.3 Å². The molecule has 24 heavy (non-hydrogen) atoms.